The van der Waals surface area contributed by atoms with E-state index in [0.29, 0.717) is 17.9 Å². The van der Waals surface area contributed by atoms with Gasteiger partial charge < -0.3 is 15.4 Å². The van der Waals surface area contributed by atoms with Gasteiger partial charge in [0, 0.05) is 0 Å². The van der Waals surface area contributed by atoms with Gasteiger partial charge in [0.05, 0.1) is 24.8 Å². The lowest BCUT2D eigenvalue weighted by atomic mass is 9.88. The second-order valence-corrected chi connectivity index (χ2v) is 6.32. The Labute approximate surface area is 153 Å². The van der Waals surface area contributed by atoms with E-state index in [4.69, 9.17) is 4.74 Å². The van der Waals surface area contributed by atoms with Crippen LogP contribution in [0.4, 0.5) is 0 Å². The Morgan fingerprint density at radius 1 is 1.12 bits per heavy atom. The molecule has 0 bridgehead atoms. The molecule has 0 heterocycles. The molecule has 2 aromatic carbocycles. The normalized spacial score (nSPS) is 15.7. The molecule has 2 amide bonds. The molecule has 0 aromatic heterocycles. The van der Waals surface area contributed by atoms with E-state index >= 15 is 0 Å². The minimum atomic E-state index is -0.312. The van der Waals surface area contributed by atoms with Crippen LogP contribution in [0.15, 0.2) is 48.5 Å². The summed E-state index contributed by atoms with van der Waals surface area (Å²) in [5.74, 6) is 0.0244. The first kappa shape index (κ1) is 18.0. The standard InChI is InChI=1S/C21H24N2O3/c1-2-26-19-13-6-5-11-17(19)21(25)22-14-20(24)23-18-12-7-9-15-8-3-4-10-16(15)18/h3-6,8,10-11,13,18H,2,7,9,12,14H2,1H3,(H,22,25)(H,23,24). The van der Waals surface area contributed by atoms with Crippen LogP contribution in [0.25, 0.3) is 0 Å². The van der Waals surface area contributed by atoms with Crippen LogP contribution in [0.1, 0.15) is 47.3 Å². The third kappa shape index (κ3) is 4.23. The molecule has 1 aliphatic carbocycles. The third-order valence-corrected chi connectivity index (χ3v) is 4.55. The summed E-state index contributed by atoms with van der Waals surface area (Å²) in [6.07, 6.45) is 3.02. The zero-order chi connectivity index (χ0) is 18.4. The van der Waals surface area contributed by atoms with Gasteiger partial charge in [-0.1, -0.05) is 36.4 Å². The first-order valence-electron chi connectivity index (χ1n) is 9.06. The summed E-state index contributed by atoms with van der Waals surface area (Å²) >= 11 is 0. The van der Waals surface area contributed by atoms with Crippen LogP contribution in [0.2, 0.25) is 0 Å². The van der Waals surface area contributed by atoms with Crippen LogP contribution >= 0.6 is 0 Å². The number of aryl methyl sites for hydroxylation is 1. The summed E-state index contributed by atoms with van der Waals surface area (Å²) < 4.78 is 5.46. The van der Waals surface area contributed by atoms with E-state index in [0.717, 1.165) is 19.3 Å². The van der Waals surface area contributed by atoms with Gasteiger partial charge in [-0.25, -0.2) is 0 Å². The molecule has 0 spiro atoms. The molecule has 1 unspecified atom stereocenters. The molecule has 1 aliphatic rings. The fraction of sp³-hybridized carbons (Fsp3) is 0.333. The average molecular weight is 352 g/mol. The van der Waals surface area contributed by atoms with Crippen molar-refractivity contribution < 1.29 is 14.3 Å². The SMILES string of the molecule is CCOc1ccccc1C(=O)NCC(=O)NC1CCCc2ccccc21. The summed E-state index contributed by atoms with van der Waals surface area (Å²) in [4.78, 5) is 24.7. The lowest BCUT2D eigenvalue weighted by molar-refractivity contribution is -0.121. The van der Waals surface area contributed by atoms with Crippen molar-refractivity contribution in [1.29, 1.82) is 0 Å². The second-order valence-electron chi connectivity index (χ2n) is 6.32. The third-order valence-electron chi connectivity index (χ3n) is 4.55. The van der Waals surface area contributed by atoms with Gasteiger partial charge in [-0.3, -0.25) is 9.59 Å². The number of fused-ring (bicyclic) bond motifs is 1. The number of ether oxygens (including phenoxy) is 1. The molecule has 136 valence electrons. The van der Waals surface area contributed by atoms with E-state index in [1.54, 1.807) is 18.2 Å². The number of para-hydroxylation sites is 1. The smallest absolute Gasteiger partial charge is 0.255 e. The molecule has 5 nitrogen and oxygen atoms in total. The molecule has 2 aromatic rings. The number of hydrogen-bond donors (Lipinski definition) is 2. The zero-order valence-corrected chi connectivity index (χ0v) is 15.0. The Balaban J connectivity index is 1.58. The largest absolute Gasteiger partial charge is 0.493 e. The Kier molecular flexibility index (Phi) is 5.89. The van der Waals surface area contributed by atoms with Crippen molar-refractivity contribution in [3.63, 3.8) is 0 Å². The molecule has 0 radical (unpaired) electrons. The molecule has 0 saturated carbocycles. The van der Waals surface area contributed by atoms with Crippen LogP contribution in [-0.4, -0.2) is 25.0 Å². The Bertz CT molecular complexity index is 788. The number of carbonyl (C=O) groups is 2. The van der Waals surface area contributed by atoms with Crippen molar-refractivity contribution in [2.45, 2.75) is 32.2 Å². The van der Waals surface area contributed by atoms with E-state index in [-0.39, 0.29) is 24.4 Å². The molecule has 1 atom stereocenters. The number of rotatable bonds is 6. The van der Waals surface area contributed by atoms with Crippen LogP contribution < -0.4 is 15.4 Å². The highest BCUT2D eigenvalue weighted by Gasteiger charge is 2.21. The van der Waals surface area contributed by atoms with Crippen molar-refractivity contribution in [2.24, 2.45) is 0 Å². The first-order valence-corrected chi connectivity index (χ1v) is 9.06. The molecule has 0 fully saturated rings. The lowest BCUT2D eigenvalue weighted by Crippen LogP contribution is -2.39. The predicted molar refractivity (Wildman–Crippen MR) is 100 cm³/mol. The van der Waals surface area contributed by atoms with Crippen molar-refractivity contribution in [2.75, 3.05) is 13.2 Å². The first-order chi connectivity index (χ1) is 12.7. The van der Waals surface area contributed by atoms with Gasteiger partial charge in [-0.05, 0) is 49.4 Å². The Morgan fingerprint density at radius 3 is 2.73 bits per heavy atom. The number of amides is 2. The predicted octanol–water partition coefficient (Wildman–Crippen LogP) is 3.01. The van der Waals surface area contributed by atoms with Crippen LogP contribution in [0, 0.1) is 0 Å². The van der Waals surface area contributed by atoms with Crippen molar-refractivity contribution in [3.05, 3.63) is 65.2 Å². The van der Waals surface area contributed by atoms with Gasteiger partial charge in [0.1, 0.15) is 5.75 Å². The van der Waals surface area contributed by atoms with E-state index in [1.165, 1.54) is 11.1 Å². The van der Waals surface area contributed by atoms with Gasteiger partial charge in [-0.15, -0.1) is 0 Å². The minimum absolute atomic E-state index is 0.0139. The molecule has 0 aliphatic heterocycles. The number of carbonyl (C=O) groups excluding carboxylic acids is 2. The van der Waals surface area contributed by atoms with Gasteiger partial charge >= 0.3 is 0 Å². The van der Waals surface area contributed by atoms with Crippen molar-refractivity contribution in [3.8, 4) is 5.75 Å². The quantitative estimate of drug-likeness (QED) is 0.840. The molecule has 26 heavy (non-hydrogen) atoms. The van der Waals surface area contributed by atoms with Gasteiger partial charge in [0.2, 0.25) is 5.91 Å². The van der Waals surface area contributed by atoms with Crippen LogP contribution in [0.5, 0.6) is 5.75 Å². The van der Waals surface area contributed by atoms with E-state index in [2.05, 4.69) is 22.8 Å². The molecule has 0 saturated heterocycles. The minimum Gasteiger partial charge on any atom is -0.493 e. The fourth-order valence-electron chi connectivity index (χ4n) is 3.34. The highest BCUT2D eigenvalue weighted by atomic mass is 16.5. The number of hydrogen-bond acceptors (Lipinski definition) is 3. The maximum absolute atomic E-state index is 12.4. The molecular formula is C21H24N2O3. The maximum Gasteiger partial charge on any atom is 0.255 e. The highest BCUT2D eigenvalue weighted by molar-refractivity contribution is 5.98. The molecule has 5 heteroatoms. The summed E-state index contributed by atoms with van der Waals surface area (Å²) in [6.45, 7) is 2.29. The lowest BCUT2D eigenvalue weighted by Gasteiger charge is -2.26. The number of nitrogens with one attached hydrogen (secondary N) is 2. The van der Waals surface area contributed by atoms with E-state index in [9.17, 15) is 9.59 Å². The summed E-state index contributed by atoms with van der Waals surface area (Å²) in [7, 11) is 0. The second kappa shape index (κ2) is 8.52. The summed E-state index contributed by atoms with van der Waals surface area (Å²) in [5, 5.41) is 5.72. The van der Waals surface area contributed by atoms with Crippen molar-refractivity contribution in [1.82, 2.24) is 10.6 Å². The fourth-order valence-corrected chi connectivity index (χ4v) is 3.34. The van der Waals surface area contributed by atoms with Gasteiger partial charge in [-0.2, -0.15) is 0 Å². The zero-order valence-electron chi connectivity index (χ0n) is 15.0. The monoisotopic (exact) mass is 352 g/mol. The van der Waals surface area contributed by atoms with Crippen LogP contribution in [0.3, 0.4) is 0 Å². The highest BCUT2D eigenvalue weighted by Crippen LogP contribution is 2.29. The average Bonchev–Trinajstić information content (AvgIpc) is 2.67. The van der Waals surface area contributed by atoms with Gasteiger partial charge in [0.15, 0.2) is 0 Å². The molecule has 3 rings (SSSR count). The van der Waals surface area contributed by atoms with Gasteiger partial charge in [0.25, 0.3) is 5.91 Å². The van der Waals surface area contributed by atoms with Crippen LogP contribution in [-0.2, 0) is 11.2 Å². The van der Waals surface area contributed by atoms with E-state index < -0.39 is 0 Å². The Hall–Kier alpha value is -2.82. The maximum atomic E-state index is 12.4. The van der Waals surface area contributed by atoms with E-state index in [1.807, 2.05) is 25.1 Å². The van der Waals surface area contributed by atoms with Crippen molar-refractivity contribution >= 4 is 11.8 Å². The Morgan fingerprint density at radius 2 is 1.88 bits per heavy atom. The molecular weight excluding hydrogens is 328 g/mol. The summed E-state index contributed by atoms with van der Waals surface area (Å²) in [5.41, 5.74) is 2.91. The number of benzene rings is 2. The summed E-state index contributed by atoms with van der Waals surface area (Å²) in [6, 6.07) is 15.2. The topological polar surface area (TPSA) is 67.4 Å². The molecule has 2 N–H and O–H groups in total.